The summed E-state index contributed by atoms with van der Waals surface area (Å²) in [4.78, 5) is 15.7. The van der Waals surface area contributed by atoms with Crippen LogP contribution in [-0.4, -0.2) is 15.9 Å². The van der Waals surface area contributed by atoms with E-state index in [4.69, 9.17) is 0 Å². The summed E-state index contributed by atoms with van der Waals surface area (Å²) in [7, 11) is 0. The van der Waals surface area contributed by atoms with Crippen molar-refractivity contribution in [2.24, 2.45) is 0 Å². The lowest BCUT2D eigenvalue weighted by Crippen LogP contribution is -2.12. The average Bonchev–Trinajstić information content (AvgIpc) is 2.39. The second-order valence-corrected chi connectivity index (χ2v) is 3.56. The van der Waals surface area contributed by atoms with Crippen LogP contribution < -0.4 is 0 Å². The van der Waals surface area contributed by atoms with Gasteiger partial charge < -0.3 is 5.11 Å². The maximum absolute atomic E-state index is 12.7. The maximum atomic E-state index is 12.7. The van der Waals surface area contributed by atoms with Gasteiger partial charge in [-0.05, 0) is 30.3 Å². The largest absolute Gasteiger partial charge is 0.380 e. The number of hydrogen-bond donors (Lipinski definition) is 1. The van der Waals surface area contributed by atoms with Crippen LogP contribution in [0.3, 0.4) is 0 Å². The Bertz CT molecular complexity index is 516. The van der Waals surface area contributed by atoms with Crippen molar-refractivity contribution in [2.75, 3.05) is 0 Å². The summed E-state index contributed by atoms with van der Waals surface area (Å²) in [5.74, 6) is -0.893. The molecule has 94 valence electrons. The van der Waals surface area contributed by atoms with Gasteiger partial charge in [-0.1, -0.05) is 6.07 Å². The summed E-state index contributed by atoms with van der Waals surface area (Å²) < 4.78 is 12.7. The Hall–Kier alpha value is -1.78. The number of pyridine rings is 1. The molecule has 18 heavy (non-hydrogen) atoms. The quantitative estimate of drug-likeness (QED) is 0.870. The van der Waals surface area contributed by atoms with Gasteiger partial charge >= 0.3 is 0 Å². The minimum atomic E-state index is -1.27. The van der Waals surface area contributed by atoms with Crippen molar-refractivity contribution in [2.45, 2.75) is 6.10 Å². The number of carbonyl (C=O) groups excluding carboxylic acids is 1. The molecule has 0 saturated heterocycles. The maximum Gasteiger partial charge on any atom is 0.195 e. The van der Waals surface area contributed by atoms with Gasteiger partial charge in [0.2, 0.25) is 0 Å². The van der Waals surface area contributed by atoms with Gasteiger partial charge in [-0.2, -0.15) is 0 Å². The van der Waals surface area contributed by atoms with Crippen LogP contribution in [0.1, 0.15) is 22.0 Å². The number of hydrogen-bond acceptors (Lipinski definition) is 3. The number of aliphatic hydroxyl groups excluding tert-OH is 1. The molecule has 0 bridgehead atoms. The highest BCUT2D eigenvalue weighted by molar-refractivity contribution is 5.99. The van der Waals surface area contributed by atoms with Crippen molar-refractivity contribution in [3.63, 3.8) is 0 Å². The minimum absolute atomic E-state index is 0. The molecule has 0 fully saturated rings. The van der Waals surface area contributed by atoms with E-state index in [1.54, 1.807) is 18.3 Å². The van der Waals surface area contributed by atoms with Crippen molar-refractivity contribution >= 4 is 18.2 Å². The number of ketones is 1. The van der Waals surface area contributed by atoms with E-state index in [0.717, 1.165) is 0 Å². The Labute approximate surface area is 110 Å². The van der Waals surface area contributed by atoms with Crippen LogP contribution in [0.2, 0.25) is 0 Å². The predicted molar refractivity (Wildman–Crippen MR) is 67.2 cm³/mol. The Kier molecular flexibility index (Phi) is 4.95. The van der Waals surface area contributed by atoms with Crippen molar-refractivity contribution in [1.82, 2.24) is 4.98 Å². The van der Waals surface area contributed by atoms with Crippen LogP contribution in [-0.2, 0) is 0 Å². The molecule has 0 saturated carbocycles. The lowest BCUT2D eigenvalue weighted by atomic mass is 10.0. The number of aliphatic hydroxyl groups is 1. The fraction of sp³-hybridized carbons (Fsp3) is 0.0769. The molecule has 0 amide bonds. The molecular weight excluding hydrogens is 257 g/mol. The number of halogens is 2. The van der Waals surface area contributed by atoms with E-state index in [1.165, 1.54) is 30.5 Å². The van der Waals surface area contributed by atoms with Gasteiger partial charge in [-0.25, -0.2) is 4.39 Å². The van der Waals surface area contributed by atoms with Crippen LogP contribution in [0.4, 0.5) is 4.39 Å². The molecule has 0 aliphatic carbocycles. The molecule has 3 nitrogen and oxygen atoms in total. The summed E-state index contributed by atoms with van der Waals surface area (Å²) >= 11 is 0. The fourth-order valence-corrected chi connectivity index (χ4v) is 1.46. The third-order valence-electron chi connectivity index (χ3n) is 2.38. The number of rotatable bonds is 3. The highest BCUT2D eigenvalue weighted by Gasteiger charge is 2.18. The van der Waals surface area contributed by atoms with E-state index < -0.39 is 17.7 Å². The van der Waals surface area contributed by atoms with Gasteiger partial charge in [-0.3, -0.25) is 9.78 Å². The molecule has 1 N–H and O–H groups in total. The highest BCUT2D eigenvalue weighted by atomic mass is 35.5. The zero-order chi connectivity index (χ0) is 12.3. The fourth-order valence-electron chi connectivity index (χ4n) is 1.46. The normalized spacial score (nSPS) is 11.4. The number of aromatic nitrogens is 1. The Morgan fingerprint density at radius 3 is 2.44 bits per heavy atom. The monoisotopic (exact) mass is 267 g/mol. The van der Waals surface area contributed by atoms with Crippen LogP contribution in [0.15, 0.2) is 48.8 Å². The summed E-state index contributed by atoms with van der Waals surface area (Å²) in [6.45, 7) is 0. The SMILES string of the molecule is Cl.O=C(c1ccc(F)cc1)C(O)c1cccnc1. The molecule has 1 heterocycles. The molecular formula is C13H11ClFNO2. The first kappa shape index (κ1) is 14.3. The Morgan fingerprint density at radius 2 is 1.89 bits per heavy atom. The van der Waals surface area contributed by atoms with Crippen molar-refractivity contribution in [3.8, 4) is 0 Å². The molecule has 2 rings (SSSR count). The van der Waals surface area contributed by atoms with Crippen LogP contribution in [0.25, 0.3) is 0 Å². The molecule has 0 aliphatic rings. The first-order valence-corrected chi connectivity index (χ1v) is 5.06. The molecule has 1 aromatic carbocycles. The minimum Gasteiger partial charge on any atom is -0.380 e. The van der Waals surface area contributed by atoms with Gasteiger partial charge in [0.25, 0.3) is 0 Å². The first-order valence-electron chi connectivity index (χ1n) is 5.06. The molecule has 1 aromatic heterocycles. The smallest absolute Gasteiger partial charge is 0.195 e. The van der Waals surface area contributed by atoms with E-state index in [1.807, 2.05) is 0 Å². The lowest BCUT2D eigenvalue weighted by Gasteiger charge is -2.09. The van der Waals surface area contributed by atoms with Crippen molar-refractivity contribution in [1.29, 1.82) is 0 Å². The zero-order valence-corrected chi connectivity index (χ0v) is 10.1. The number of carbonyl (C=O) groups is 1. The van der Waals surface area contributed by atoms with E-state index in [2.05, 4.69) is 4.98 Å². The Morgan fingerprint density at radius 1 is 1.22 bits per heavy atom. The molecule has 0 spiro atoms. The molecule has 5 heteroatoms. The lowest BCUT2D eigenvalue weighted by molar-refractivity contribution is 0.0747. The third kappa shape index (κ3) is 3.12. The van der Waals surface area contributed by atoms with Crippen LogP contribution in [0.5, 0.6) is 0 Å². The topological polar surface area (TPSA) is 50.2 Å². The summed E-state index contributed by atoms with van der Waals surface area (Å²) in [5.41, 5.74) is 0.685. The summed E-state index contributed by atoms with van der Waals surface area (Å²) in [6.07, 6.45) is 1.71. The highest BCUT2D eigenvalue weighted by Crippen LogP contribution is 2.17. The number of benzene rings is 1. The first-order chi connectivity index (χ1) is 8.18. The molecule has 1 atom stereocenters. The van der Waals surface area contributed by atoms with E-state index in [9.17, 15) is 14.3 Å². The molecule has 0 radical (unpaired) electrons. The third-order valence-corrected chi connectivity index (χ3v) is 2.38. The molecule has 1 unspecified atom stereocenters. The molecule has 0 aliphatic heterocycles. The summed E-state index contributed by atoms with van der Waals surface area (Å²) in [6, 6.07) is 8.30. The van der Waals surface area contributed by atoms with Crippen molar-refractivity contribution < 1.29 is 14.3 Å². The van der Waals surface area contributed by atoms with Crippen molar-refractivity contribution in [3.05, 3.63) is 65.7 Å². The van der Waals surface area contributed by atoms with E-state index >= 15 is 0 Å². The van der Waals surface area contributed by atoms with E-state index in [-0.39, 0.29) is 18.0 Å². The van der Waals surface area contributed by atoms with E-state index in [0.29, 0.717) is 5.56 Å². The zero-order valence-electron chi connectivity index (χ0n) is 9.29. The van der Waals surface area contributed by atoms with Gasteiger partial charge in [-0.15, -0.1) is 12.4 Å². The number of Topliss-reactive ketones (excluding diaryl/α,β-unsaturated/α-hetero) is 1. The second-order valence-electron chi connectivity index (χ2n) is 3.56. The summed E-state index contributed by atoms with van der Waals surface area (Å²) in [5, 5.41) is 9.83. The van der Waals surface area contributed by atoms with Gasteiger partial charge in [0.15, 0.2) is 5.78 Å². The second kappa shape index (κ2) is 6.23. The standard InChI is InChI=1S/C13H10FNO2.ClH/c14-11-5-3-9(4-6-11)12(16)13(17)10-2-1-7-15-8-10;/h1-8,13,17H;1H. The predicted octanol–water partition coefficient (Wildman–Crippen LogP) is 2.56. The Balaban J connectivity index is 0.00000162. The van der Waals surface area contributed by atoms with Gasteiger partial charge in [0, 0.05) is 23.5 Å². The average molecular weight is 268 g/mol. The number of nitrogens with zero attached hydrogens (tertiary/aromatic N) is 1. The van der Waals surface area contributed by atoms with Crippen LogP contribution >= 0.6 is 12.4 Å². The molecule has 2 aromatic rings. The van der Waals surface area contributed by atoms with Crippen LogP contribution in [0, 0.1) is 5.82 Å². The van der Waals surface area contributed by atoms with Gasteiger partial charge in [0.1, 0.15) is 11.9 Å². The van der Waals surface area contributed by atoms with Gasteiger partial charge in [0.05, 0.1) is 0 Å².